The number of nitrogens with two attached hydrogens (primary N) is 1. The Morgan fingerprint density at radius 1 is 1.62 bits per heavy atom. The van der Waals surface area contributed by atoms with Crippen molar-refractivity contribution in [3.05, 3.63) is 0 Å². The van der Waals surface area contributed by atoms with E-state index in [9.17, 15) is 4.79 Å². The van der Waals surface area contributed by atoms with Crippen molar-refractivity contribution < 1.29 is 10.0 Å². The van der Waals surface area contributed by atoms with E-state index in [1.807, 2.05) is 6.92 Å². The summed E-state index contributed by atoms with van der Waals surface area (Å²) in [5.74, 6) is 0.267. The first kappa shape index (κ1) is 12.8. The second-order valence-electron chi connectivity index (χ2n) is 4.15. The standard InChI is InChI=1S/C10H20N4O2/c1-7(10(15)13-8-4-5-8)12-6-2-3-9(11)14-16/h7-8,12,16H,2-6H2,1H3,(H2,11,14)(H,13,15). The summed E-state index contributed by atoms with van der Waals surface area (Å²) in [4.78, 5) is 11.5. The number of carbonyl (C=O) groups excluding carboxylic acids is 1. The molecular formula is C10H20N4O2. The molecule has 6 heteroatoms. The predicted molar refractivity (Wildman–Crippen MR) is 61.3 cm³/mol. The topological polar surface area (TPSA) is 99.7 Å². The maximum absolute atomic E-state index is 11.5. The molecule has 6 nitrogen and oxygen atoms in total. The van der Waals surface area contributed by atoms with Crippen LogP contribution < -0.4 is 16.4 Å². The maximum atomic E-state index is 11.5. The van der Waals surface area contributed by atoms with Gasteiger partial charge in [0.1, 0.15) is 5.84 Å². The van der Waals surface area contributed by atoms with Gasteiger partial charge < -0.3 is 21.6 Å². The van der Waals surface area contributed by atoms with E-state index in [-0.39, 0.29) is 17.8 Å². The second-order valence-corrected chi connectivity index (χ2v) is 4.15. The van der Waals surface area contributed by atoms with Gasteiger partial charge in [-0.25, -0.2) is 0 Å². The lowest BCUT2D eigenvalue weighted by Gasteiger charge is -2.13. The number of carbonyl (C=O) groups is 1. The van der Waals surface area contributed by atoms with Crippen LogP contribution in [-0.2, 0) is 4.79 Å². The van der Waals surface area contributed by atoms with Crippen LogP contribution in [0.5, 0.6) is 0 Å². The number of nitrogens with one attached hydrogen (secondary N) is 2. The molecule has 0 aliphatic heterocycles. The summed E-state index contributed by atoms with van der Waals surface area (Å²) in [6, 6.07) is 0.210. The van der Waals surface area contributed by atoms with E-state index in [1.165, 1.54) is 0 Å². The average Bonchev–Trinajstić information content (AvgIpc) is 3.07. The maximum Gasteiger partial charge on any atom is 0.237 e. The number of hydrogen-bond donors (Lipinski definition) is 4. The van der Waals surface area contributed by atoms with Crippen molar-refractivity contribution in [3.8, 4) is 0 Å². The number of amidine groups is 1. The molecule has 0 saturated heterocycles. The normalized spacial score (nSPS) is 18.2. The fourth-order valence-electron chi connectivity index (χ4n) is 1.28. The molecule has 1 atom stereocenters. The Morgan fingerprint density at radius 2 is 2.31 bits per heavy atom. The van der Waals surface area contributed by atoms with Crippen molar-refractivity contribution in [3.63, 3.8) is 0 Å². The monoisotopic (exact) mass is 228 g/mol. The quantitative estimate of drug-likeness (QED) is 0.159. The van der Waals surface area contributed by atoms with E-state index >= 15 is 0 Å². The van der Waals surface area contributed by atoms with Crippen molar-refractivity contribution >= 4 is 11.7 Å². The SMILES string of the molecule is CC(NCCCC(N)=NO)C(=O)NC1CC1. The van der Waals surface area contributed by atoms with Gasteiger partial charge in [-0.1, -0.05) is 5.16 Å². The zero-order chi connectivity index (χ0) is 12.0. The Kier molecular flexibility index (Phi) is 5.04. The summed E-state index contributed by atoms with van der Waals surface area (Å²) in [5, 5.41) is 17.2. The average molecular weight is 228 g/mol. The largest absolute Gasteiger partial charge is 0.409 e. The van der Waals surface area contributed by atoms with Crippen molar-refractivity contribution in [1.29, 1.82) is 0 Å². The Morgan fingerprint density at radius 3 is 2.88 bits per heavy atom. The zero-order valence-corrected chi connectivity index (χ0v) is 9.57. The highest BCUT2D eigenvalue weighted by molar-refractivity contribution is 5.82. The van der Waals surface area contributed by atoms with Crippen LogP contribution >= 0.6 is 0 Å². The van der Waals surface area contributed by atoms with Crippen molar-refractivity contribution in [2.24, 2.45) is 10.9 Å². The fourth-order valence-corrected chi connectivity index (χ4v) is 1.28. The Hall–Kier alpha value is -1.30. The van der Waals surface area contributed by atoms with Crippen LogP contribution in [-0.4, -0.2) is 35.6 Å². The van der Waals surface area contributed by atoms with Gasteiger partial charge in [0.15, 0.2) is 0 Å². The number of amides is 1. The van der Waals surface area contributed by atoms with E-state index in [0.717, 1.165) is 19.3 Å². The lowest BCUT2D eigenvalue weighted by atomic mass is 10.2. The Labute approximate surface area is 95.3 Å². The lowest BCUT2D eigenvalue weighted by molar-refractivity contribution is -0.122. The first-order valence-corrected chi connectivity index (χ1v) is 5.63. The van der Waals surface area contributed by atoms with Gasteiger partial charge in [0.2, 0.25) is 5.91 Å². The molecule has 0 aromatic rings. The minimum atomic E-state index is -0.187. The molecule has 1 rings (SSSR count). The van der Waals surface area contributed by atoms with E-state index < -0.39 is 0 Å². The molecule has 0 aromatic carbocycles. The van der Waals surface area contributed by atoms with E-state index in [4.69, 9.17) is 10.9 Å². The first-order chi connectivity index (χ1) is 7.63. The summed E-state index contributed by atoms with van der Waals surface area (Å²) in [5.41, 5.74) is 5.32. The van der Waals surface area contributed by atoms with Crippen LogP contribution in [0.25, 0.3) is 0 Å². The molecule has 92 valence electrons. The third-order valence-corrected chi connectivity index (χ3v) is 2.51. The smallest absolute Gasteiger partial charge is 0.237 e. The third kappa shape index (κ3) is 4.97. The molecule has 1 saturated carbocycles. The number of oxime groups is 1. The summed E-state index contributed by atoms with van der Waals surface area (Å²) in [7, 11) is 0. The minimum absolute atomic E-state index is 0.0475. The van der Waals surface area contributed by atoms with Gasteiger partial charge in [0.25, 0.3) is 0 Å². The van der Waals surface area contributed by atoms with Gasteiger partial charge in [-0.3, -0.25) is 4.79 Å². The molecule has 0 bridgehead atoms. The highest BCUT2D eigenvalue weighted by Gasteiger charge is 2.25. The molecule has 1 unspecified atom stereocenters. The Bertz CT molecular complexity index is 264. The Balaban J connectivity index is 2.04. The minimum Gasteiger partial charge on any atom is -0.409 e. The van der Waals surface area contributed by atoms with Crippen LogP contribution in [0.1, 0.15) is 32.6 Å². The van der Waals surface area contributed by atoms with Crippen LogP contribution in [0.3, 0.4) is 0 Å². The van der Waals surface area contributed by atoms with Gasteiger partial charge in [-0.05, 0) is 32.7 Å². The number of hydrogen-bond acceptors (Lipinski definition) is 4. The van der Waals surface area contributed by atoms with Crippen molar-refractivity contribution in [2.45, 2.75) is 44.7 Å². The zero-order valence-electron chi connectivity index (χ0n) is 9.57. The summed E-state index contributed by atoms with van der Waals surface area (Å²) in [6.07, 6.45) is 3.47. The molecule has 1 aliphatic rings. The molecular weight excluding hydrogens is 208 g/mol. The molecule has 0 spiro atoms. The summed E-state index contributed by atoms with van der Waals surface area (Å²) in [6.45, 7) is 2.51. The van der Waals surface area contributed by atoms with E-state index in [0.29, 0.717) is 19.0 Å². The molecule has 0 heterocycles. The van der Waals surface area contributed by atoms with E-state index in [2.05, 4.69) is 15.8 Å². The van der Waals surface area contributed by atoms with Crippen molar-refractivity contribution in [1.82, 2.24) is 10.6 Å². The molecule has 5 N–H and O–H groups in total. The van der Waals surface area contributed by atoms with Crippen molar-refractivity contribution in [2.75, 3.05) is 6.54 Å². The third-order valence-electron chi connectivity index (χ3n) is 2.51. The first-order valence-electron chi connectivity index (χ1n) is 5.63. The number of rotatable bonds is 7. The highest BCUT2D eigenvalue weighted by Crippen LogP contribution is 2.18. The fraction of sp³-hybridized carbons (Fsp3) is 0.800. The predicted octanol–water partition coefficient (Wildman–Crippen LogP) is -0.230. The van der Waals surface area contributed by atoms with Crippen LogP contribution in [0, 0.1) is 0 Å². The summed E-state index contributed by atoms with van der Waals surface area (Å²) >= 11 is 0. The number of nitrogens with zero attached hydrogens (tertiary/aromatic N) is 1. The van der Waals surface area contributed by atoms with Crippen LogP contribution in [0.15, 0.2) is 5.16 Å². The van der Waals surface area contributed by atoms with Gasteiger partial charge in [-0.2, -0.15) is 0 Å². The van der Waals surface area contributed by atoms with Gasteiger partial charge in [0, 0.05) is 12.5 Å². The lowest BCUT2D eigenvalue weighted by Crippen LogP contribution is -2.43. The second kappa shape index (κ2) is 6.32. The highest BCUT2D eigenvalue weighted by atomic mass is 16.4. The molecule has 1 aliphatic carbocycles. The van der Waals surface area contributed by atoms with Gasteiger partial charge >= 0.3 is 0 Å². The van der Waals surface area contributed by atoms with Gasteiger partial charge in [-0.15, -0.1) is 0 Å². The molecule has 0 aromatic heterocycles. The molecule has 1 amide bonds. The summed E-state index contributed by atoms with van der Waals surface area (Å²) < 4.78 is 0. The molecule has 0 radical (unpaired) electrons. The van der Waals surface area contributed by atoms with Crippen LogP contribution in [0.4, 0.5) is 0 Å². The van der Waals surface area contributed by atoms with E-state index in [1.54, 1.807) is 0 Å². The molecule has 1 fully saturated rings. The van der Waals surface area contributed by atoms with Crippen LogP contribution in [0.2, 0.25) is 0 Å². The molecule has 16 heavy (non-hydrogen) atoms. The van der Waals surface area contributed by atoms with Gasteiger partial charge in [0.05, 0.1) is 6.04 Å².